The van der Waals surface area contributed by atoms with Crippen molar-refractivity contribution in [1.82, 2.24) is 5.32 Å². The zero-order valence-corrected chi connectivity index (χ0v) is 13.4. The maximum atomic E-state index is 5.68. The molecule has 0 aliphatic carbocycles. The number of nitrogens with one attached hydrogen (secondary N) is 1. The van der Waals surface area contributed by atoms with Gasteiger partial charge in [-0.3, -0.25) is 0 Å². The first-order chi connectivity index (χ1) is 10.3. The molecule has 1 aromatic carbocycles. The SMILES string of the molecule is CCCNC(c1cc(OC)ccc1OC)C1CCCOC1. The average molecular weight is 293 g/mol. The molecule has 0 saturated carbocycles. The van der Waals surface area contributed by atoms with E-state index in [0.717, 1.165) is 44.1 Å². The van der Waals surface area contributed by atoms with Gasteiger partial charge in [-0.25, -0.2) is 0 Å². The fourth-order valence-electron chi connectivity index (χ4n) is 2.94. The van der Waals surface area contributed by atoms with Gasteiger partial charge in [0.1, 0.15) is 11.5 Å². The second kappa shape index (κ2) is 8.25. The van der Waals surface area contributed by atoms with Crippen molar-refractivity contribution in [2.75, 3.05) is 34.0 Å². The van der Waals surface area contributed by atoms with Gasteiger partial charge in [-0.05, 0) is 44.0 Å². The predicted octanol–water partition coefficient (Wildman–Crippen LogP) is 3.17. The third-order valence-corrected chi connectivity index (χ3v) is 4.05. The molecule has 0 aromatic heterocycles. The summed E-state index contributed by atoms with van der Waals surface area (Å²) in [6.45, 7) is 4.86. The normalized spacial score (nSPS) is 20.0. The number of benzene rings is 1. The highest BCUT2D eigenvalue weighted by Crippen LogP contribution is 2.36. The van der Waals surface area contributed by atoms with Crippen LogP contribution in [-0.4, -0.2) is 34.0 Å². The molecule has 0 bridgehead atoms. The smallest absolute Gasteiger partial charge is 0.123 e. The quantitative estimate of drug-likeness (QED) is 0.838. The van der Waals surface area contributed by atoms with E-state index in [1.807, 2.05) is 12.1 Å². The molecular weight excluding hydrogens is 266 g/mol. The highest BCUT2D eigenvalue weighted by molar-refractivity contribution is 5.42. The van der Waals surface area contributed by atoms with Gasteiger partial charge >= 0.3 is 0 Å². The van der Waals surface area contributed by atoms with Crippen LogP contribution in [0.5, 0.6) is 11.5 Å². The van der Waals surface area contributed by atoms with E-state index in [-0.39, 0.29) is 6.04 Å². The largest absolute Gasteiger partial charge is 0.497 e. The number of ether oxygens (including phenoxy) is 3. The van der Waals surface area contributed by atoms with Gasteiger partial charge in [-0.1, -0.05) is 6.92 Å². The van der Waals surface area contributed by atoms with E-state index in [0.29, 0.717) is 5.92 Å². The lowest BCUT2D eigenvalue weighted by molar-refractivity contribution is 0.0386. The fraction of sp³-hybridized carbons (Fsp3) is 0.647. The van der Waals surface area contributed by atoms with Gasteiger partial charge in [0.2, 0.25) is 0 Å². The van der Waals surface area contributed by atoms with Crippen molar-refractivity contribution in [2.24, 2.45) is 5.92 Å². The lowest BCUT2D eigenvalue weighted by Gasteiger charge is -2.32. The molecule has 0 amide bonds. The topological polar surface area (TPSA) is 39.7 Å². The van der Waals surface area contributed by atoms with Crippen molar-refractivity contribution in [1.29, 1.82) is 0 Å². The molecule has 1 aliphatic rings. The molecule has 1 aromatic rings. The molecule has 2 rings (SSSR count). The minimum absolute atomic E-state index is 0.246. The predicted molar refractivity (Wildman–Crippen MR) is 84.1 cm³/mol. The molecule has 0 spiro atoms. The van der Waals surface area contributed by atoms with Gasteiger partial charge in [-0.2, -0.15) is 0 Å². The molecule has 4 nitrogen and oxygen atoms in total. The fourth-order valence-corrected chi connectivity index (χ4v) is 2.94. The minimum Gasteiger partial charge on any atom is -0.497 e. The van der Waals surface area contributed by atoms with Gasteiger partial charge < -0.3 is 19.5 Å². The molecule has 2 unspecified atom stereocenters. The Morgan fingerprint density at radius 2 is 2.19 bits per heavy atom. The van der Waals surface area contributed by atoms with E-state index >= 15 is 0 Å². The minimum atomic E-state index is 0.246. The summed E-state index contributed by atoms with van der Waals surface area (Å²) in [5, 5.41) is 3.67. The van der Waals surface area contributed by atoms with E-state index in [4.69, 9.17) is 14.2 Å². The van der Waals surface area contributed by atoms with Gasteiger partial charge in [0, 0.05) is 24.1 Å². The van der Waals surface area contributed by atoms with Crippen molar-refractivity contribution < 1.29 is 14.2 Å². The average Bonchev–Trinajstić information content (AvgIpc) is 2.56. The maximum absolute atomic E-state index is 5.68. The van der Waals surface area contributed by atoms with Crippen molar-refractivity contribution in [3.8, 4) is 11.5 Å². The zero-order valence-electron chi connectivity index (χ0n) is 13.4. The summed E-state index contributed by atoms with van der Waals surface area (Å²) >= 11 is 0. The number of hydrogen-bond donors (Lipinski definition) is 1. The van der Waals surface area contributed by atoms with E-state index in [2.05, 4.69) is 18.3 Å². The van der Waals surface area contributed by atoms with Gasteiger partial charge in [-0.15, -0.1) is 0 Å². The van der Waals surface area contributed by atoms with E-state index in [1.54, 1.807) is 14.2 Å². The van der Waals surface area contributed by atoms with Crippen LogP contribution < -0.4 is 14.8 Å². The van der Waals surface area contributed by atoms with Crippen LogP contribution in [0.15, 0.2) is 18.2 Å². The van der Waals surface area contributed by atoms with Crippen LogP contribution in [0.25, 0.3) is 0 Å². The van der Waals surface area contributed by atoms with Gasteiger partial charge in [0.15, 0.2) is 0 Å². The maximum Gasteiger partial charge on any atom is 0.123 e. The van der Waals surface area contributed by atoms with Crippen LogP contribution in [0, 0.1) is 5.92 Å². The molecule has 118 valence electrons. The first-order valence-electron chi connectivity index (χ1n) is 7.83. The monoisotopic (exact) mass is 293 g/mol. The lowest BCUT2D eigenvalue weighted by atomic mass is 9.88. The Balaban J connectivity index is 2.29. The molecule has 1 heterocycles. The molecule has 0 radical (unpaired) electrons. The van der Waals surface area contributed by atoms with E-state index < -0.39 is 0 Å². The molecule has 2 atom stereocenters. The third-order valence-electron chi connectivity index (χ3n) is 4.05. The summed E-state index contributed by atoms with van der Waals surface area (Å²) in [4.78, 5) is 0. The summed E-state index contributed by atoms with van der Waals surface area (Å²) in [6.07, 6.45) is 3.42. The Morgan fingerprint density at radius 1 is 1.33 bits per heavy atom. The summed E-state index contributed by atoms with van der Waals surface area (Å²) in [5.74, 6) is 2.26. The second-order valence-electron chi connectivity index (χ2n) is 5.52. The van der Waals surface area contributed by atoms with Crippen molar-refractivity contribution in [2.45, 2.75) is 32.2 Å². The third kappa shape index (κ3) is 4.11. The van der Waals surface area contributed by atoms with Crippen LogP contribution in [0.3, 0.4) is 0 Å². The number of methoxy groups -OCH3 is 2. The van der Waals surface area contributed by atoms with Gasteiger partial charge in [0.25, 0.3) is 0 Å². The molecule has 1 aliphatic heterocycles. The van der Waals surface area contributed by atoms with Crippen molar-refractivity contribution in [3.05, 3.63) is 23.8 Å². The van der Waals surface area contributed by atoms with Gasteiger partial charge in [0.05, 0.1) is 20.8 Å². The summed E-state index contributed by atoms with van der Waals surface area (Å²) in [7, 11) is 3.42. The zero-order chi connectivity index (χ0) is 15.1. The molecule has 1 saturated heterocycles. The van der Waals surface area contributed by atoms with Crippen LogP contribution in [-0.2, 0) is 4.74 Å². The Bertz CT molecular complexity index is 430. The Labute approximate surface area is 127 Å². The first kappa shape index (κ1) is 16.1. The molecule has 1 N–H and O–H groups in total. The van der Waals surface area contributed by atoms with Crippen LogP contribution >= 0.6 is 0 Å². The first-order valence-corrected chi connectivity index (χ1v) is 7.83. The lowest BCUT2D eigenvalue weighted by Crippen LogP contribution is -2.34. The van der Waals surface area contributed by atoms with E-state index in [9.17, 15) is 0 Å². The highest BCUT2D eigenvalue weighted by Gasteiger charge is 2.27. The van der Waals surface area contributed by atoms with Crippen LogP contribution in [0.2, 0.25) is 0 Å². The summed E-state index contributed by atoms with van der Waals surface area (Å²) < 4.78 is 16.6. The summed E-state index contributed by atoms with van der Waals surface area (Å²) in [5.41, 5.74) is 1.17. The summed E-state index contributed by atoms with van der Waals surface area (Å²) in [6, 6.07) is 6.26. The number of rotatable bonds is 7. The standard InChI is InChI=1S/C17H27NO3/c1-4-9-18-17(13-6-5-10-21-12-13)15-11-14(19-2)7-8-16(15)20-3/h7-8,11,13,17-18H,4-6,9-10,12H2,1-3H3. The Hall–Kier alpha value is -1.26. The molecule has 1 fully saturated rings. The highest BCUT2D eigenvalue weighted by atomic mass is 16.5. The Kier molecular flexibility index (Phi) is 6.33. The molecular formula is C17H27NO3. The van der Waals surface area contributed by atoms with Crippen LogP contribution in [0.1, 0.15) is 37.8 Å². The number of hydrogen-bond acceptors (Lipinski definition) is 4. The van der Waals surface area contributed by atoms with Crippen molar-refractivity contribution >= 4 is 0 Å². The van der Waals surface area contributed by atoms with Crippen LogP contribution in [0.4, 0.5) is 0 Å². The second-order valence-corrected chi connectivity index (χ2v) is 5.52. The Morgan fingerprint density at radius 3 is 2.81 bits per heavy atom. The molecule has 4 heteroatoms. The van der Waals surface area contributed by atoms with E-state index in [1.165, 1.54) is 12.0 Å². The molecule has 21 heavy (non-hydrogen) atoms. The van der Waals surface area contributed by atoms with Crippen molar-refractivity contribution in [3.63, 3.8) is 0 Å².